The summed E-state index contributed by atoms with van der Waals surface area (Å²) in [5.41, 5.74) is 2.37. The molecule has 1 N–H and O–H groups in total. The molecule has 2 rings (SSSR count). The quantitative estimate of drug-likeness (QED) is 0.706. The smallest absolute Gasteiger partial charge is 0.134 e. The number of aryl methyl sites for hydroxylation is 1. The van der Waals surface area contributed by atoms with Gasteiger partial charge in [-0.15, -0.1) is 12.4 Å². The molecule has 110 valence electrons. The van der Waals surface area contributed by atoms with Gasteiger partial charge in [0.2, 0.25) is 0 Å². The molecule has 0 saturated carbocycles. The Morgan fingerprint density at radius 2 is 2.00 bits per heavy atom. The Balaban J connectivity index is 0.00000200. The van der Waals surface area contributed by atoms with E-state index in [4.69, 9.17) is 4.42 Å². The molecule has 1 heterocycles. The molecule has 0 aliphatic rings. The van der Waals surface area contributed by atoms with Crippen molar-refractivity contribution in [1.29, 1.82) is 0 Å². The van der Waals surface area contributed by atoms with Crippen LogP contribution in [0.5, 0.6) is 0 Å². The van der Waals surface area contributed by atoms with Gasteiger partial charge in [-0.05, 0) is 55.8 Å². The van der Waals surface area contributed by atoms with Gasteiger partial charge in [0, 0.05) is 10.0 Å². The van der Waals surface area contributed by atoms with Crippen molar-refractivity contribution in [2.24, 2.45) is 0 Å². The third kappa shape index (κ3) is 4.65. The van der Waals surface area contributed by atoms with Gasteiger partial charge in [-0.25, -0.2) is 0 Å². The van der Waals surface area contributed by atoms with Crippen molar-refractivity contribution in [2.45, 2.75) is 33.2 Å². The summed E-state index contributed by atoms with van der Waals surface area (Å²) in [6.07, 6.45) is 2.42. The van der Waals surface area contributed by atoms with Crippen molar-refractivity contribution in [3.63, 3.8) is 0 Å². The fourth-order valence-corrected chi connectivity index (χ4v) is 2.51. The van der Waals surface area contributed by atoms with Gasteiger partial charge in [0.1, 0.15) is 11.5 Å². The highest BCUT2D eigenvalue weighted by atomic mass is 79.9. The first-order chi connectivity index (χ1) is 9.20. The van der Waals surface area contributed by atoms with Gasteiger partial charge in [-0.1, -0.05) is 29.3 Å². The molecule has 1 aromatic carbocycles. The minimum Gasteiger partial charge on any atom is -0.460 e. The van der Waals surface area contributed by atoms with Crippen LogP contribution < -0.4 is 5.32 Å². The van der Waals surface area contributed by atoms with E-state index in [1.54, 1.807) is 0 Å². The Labute approximate surface area is 135 Å². The molecular formula is C16H21BrClNO. The maximum atomic E-state index is 5.89. The van der Waals surface area contributed by atoms with Crippen LogP contribution in [0.15, 0.2) is 39.2 Å². The lowest BCUT2D eigenvalue weighted by Crippen LogP contribution is -2.13. The van der Waals surface area contributed by atoms with Crippen LogP contribution in [0.1, 0.15) is 31.1 Å². The lowest BCUT2D eigenvalue weighted by atomic mass is 10.1. The minimum absolute atomic E-state index is 0. The van der Waals surface area contributed by atoms with Crippen LogP contribution in [0, 0.1) is 6.92 Å². The summed E-state index contributed by atoms with van der Waals surface area (Å²) in [4.78, 5) is 0. The maximum absolute atomic E-state index is 5.89. The molecule has 0 aliphatic carbocycles. The van der Waals surface area contributed by atoms with Gasteiger partial charge < -0.3 is 9.73 Å². The van der Waals surface area contributed by atoms with Crippen LogP contribution in [-0.4, -0.2) is 6.54 Å². The molecule has 1 aromatic heterocycles. The van der Waals surface area contributed by atoms with Crippen LogP contribution in [-0.2, 0) is 6.54 Å². The fourth-order valence-electron chi connectivity index (χ4n) is 2.03. The second kappa shape index (κ2) is 8.50. The number of halogens is 2. The van der Waals surface area contributed by atoms with Gasteiger partial charge in [-0.3, -0.25) is 0 Å². The highest BCUT2D eigenvalue weighted by Gasteiger charge is 2.07. The number of hydrogen-bond acceptors (Lipinski definition) is 2. The predicted octanol–water partition coefficient (Wildman–Crippen LogP) is 5.33. The minimum atomic E-state index is 0. The molecule has 0 spiro atoms. The van der Waals surface area contributed by atoms with Crippen molar-refractivity contribution in [3.05, 3.63) is 46.1 Å². The highest BCUT2D eigenvalue weighted by Crippen LogP contribution is 2.27. The van der Waals surface area contributed by atoms with E-state index in [1.165, 1.54) is 18.4 Å². The predicted molar refractivity (Wildman–Crippen MR) is 90.4 cm³/mol. The number of unbranched alkanes of at least 4 members (excludes halogenated alkanes) is 1. The Hall–Kier alpha value is -0.770. The molecule has 0 fully saturated rings. The average molecular weight is 359 g/mol. The van der Waals surface area contributed by atoms with Gasteiger partial charge in [-0.2, -0.15) is 0 Å². The molecule has 4 heteroatoms. The van der Waals surface area contributed by atoms with E-state index in [0.717, 1.165) is 34.6 Å². The van der Waals surface area contributed by atoms with Crippen molar-refractivity contribution in [1.82, 2.24) is 5.32 Å². The second-order valence-electron chi connectivity index (χ2n) is 4.76. The third-order valence-electron chi connectivity index (χ3n) is 3.12. The first-order valence-corrected chi connectivity index (χ1v) is 7.56. The summed E-state index contributed by atoms with van der Waals surface area (Å²) in [7, 11) is 0. The van der Waals surface area contributed by atoms with Crippen molar-refractivity contribution in [2.75, 3.05) is 6.54 Å². The van der Waals surface area contributed by atoms with Crippen LogP contribution in [0.3, 0.4) is 0 Å². The van der Waals surface area contributed by atoms with E-state index >= 15 is 0 Å². The van der Waals surface area contributed by atoms with Crippen LogP contribution >= 0.6 is 28.3 Å². The lowest BCUT2D eigenvalue weighted by Gasteiger charge is -2.04. The molecule has 0 saturated heterocycles. The normalized spacial score (nSPS) is 10.3. The molecule has 20 heavy (non-hydrogen) atoms. The number of rotatable bonds is 6. The van der Waals surface area contributed by atoms with Crippen molar-refractivity contribution < 1.29 is 4.42 Å². The standard InChI is InChI=1S/C16H20BrNO.ClH/c1-3-4-9-18-11-14-6-8-16(19-14)15-7-5-13(17)10-12(15)2;/h5-8,10,18H,3-4,9,11H2,1-2H3;1H. The Kier molecular flexibility index (Phi) is 7.35. The molecule has 0 radical (unpaired) electrons. The summed E-state index contributed by atoms with van der Waals surface area (Å²) < 4.78 is 6.99. The molecule has 2 nitrogen and oxygen atoms in total. The summed E-state index contributed by atoms with van der Waals surface area (Å²) in [5, 5.41) is 3.39. The average Bonchev–Trinajstić information content (AvgIpc) is 2.83. The summed E-state index contributed by atoms with van der Waals surface area (Å²) in [6, 6.07) is 10.3. The highest BCUT2D eigenvalue weighted by molar-refractivity contribution is 9.10. The van der Waals surface area contributed by atoms with Gasteiger partial charge in [0.05, 0.1) is 6.54 Å². The Morgan fingerprint density at radius 3 is 2.70 bits per heavy atom. The van der Waals surface area contributed by atoms with Crippen molar-refractivity contribution >= 4 is 28.3 Å². The van der Waals surface area contributed by atoms with Crippen LogP contribution in [0.2, 0.25) is 0 Å². The van der Waals surface area contributed by atoms with E-state index < -0.39 is 0 Å². The topological polar surface area (TPSA) is 25.2 Å². The summed E-state index contributed by atoms with van der Waals surface area (Å²) in [6.45, 7) is 6.14. The van der Waals surface area contributed by atoms with E-state index in [2.05, 4.69) is 53.3 Å². The zero-order chi connectivity index (χ0) is 13.7. The lowest BCUT2D eigenvalue weighted by molar-refractivity contribution is 0.490. The SMILES string of the molecule is CCCCNCc1ccc(-c2ccc(Br)cc2C)o1.Cl. The van der Waals surface area contributed by atoms with E-state index in [9.17, 15) is 0 Å². The van der Waals surface area contributed by atoms with E-state index in [0.29, 0.717) is 0 Å². The van der Waals surface area contributed by atoms with Gasteiger partial charge >= 0.3 is 0 Å². The molecule has 0 amide bonds. The van der Waals surface area contributed by atoms with Crippen LogP contribution in [0.25, 0.3) is 11.3 Å². The molecule has 0 bridgehead atoms. The molecule has 2 aromatic rings. The van der Waals surface area contributed by atoms with E-state index in [-0.39, 0.29) is 12.4 Å². The molecular weight excluding hydrogens is 338 g/mol. The zero-order valence-corrected chi connectivity index (χ0v) is 14.3. The van der Waals surface area contributed by atoms with Crippen molar-refractivity contribution in [3.8, 4) is 11.3 Å². The summed E-state index contributed by atoms with van der Waals surface area (Å²) in [5.74, 6) is 1.94. The number of benzene rings is 1. The third-order valence-corrected chi connectivity index (χ3v) is 3.62. The molecule has 0 aliphatic heterocycles. The van der Waals surface area contributed by atoms with Gasteiger partial charge in [0.25, 0.3) is 0 Å². The Bertz CT molecular complexity index is 539. The first-order valence-electron chi connectivity index (χ1n) is 6.76. The fraction of sp³-hybridized carbons (Fsp3) is 0.375. The van der Waals surface area contributed by atoms with Gasteiger partial charge in [0.15, 0.2) is 0 Å². The second-order valence-corrected chi connectivity index (χ2v) is 5.67. The maximum Gasteiger partial charge on any atom is 0.134 e. The number of nitrogens with one attached hydrogen (secondary N) is 1. The largest absolute Gasteiger partial charge is 0.460 e. The Morgan fingerprint density at radius 1 is 1.20 bits per heavy atom. The molecule has 0 atom stereocenters. The van der Waals surface area contributed by atoms with Crippen LogP contribution in [0.4, 0.5) is 0 Å². The number of hydrogen-bond donors (Lipinski definition) is 1. The first kappa shape index (κ1) is 17.3. The van der Waals surface area contributed by atoms with E-state index in [1.807, 2.05) is 12.1 Å². The summed E-state index contributed by atoms with van der Waals surface area (Å²) >= 11 is 3.48. The monoisotopic (exact) mass is 357 g/mol. The zero-order valence-electron chi connectivity index (χ0n) is 11.9. The molecule has 0 unspecified atom stereocenters. The number of furan rings is 1.